The van der Waals surface area contributed by atoms with Gasteiger partial charge in [-0.2, -0.15) is 0 Å². The van der Waals surface area contributed by atoms with Crippen molar-refractivity contribution in [2.75, 3.05) is 11.8 Å². The number of pyridine rings is 1. The Bertz CT molecular complexity index is 1150. The number of sulfonamides is 1. The molecule has 30 heavy (non-hydrogen) atoms. The normalized spacial score (nSPS) is 12.2. The molecule has 8 nitrogen and oxygen atoms in total. The van der Waals surface area contributed by atoms with Crippen molar-refractivity contribution in [3.63, 3.8) is 0 Å². The molecular formula is C20H24ClN5O3S. The third-order valence-corrected chi connectivity index (χ3v) is 6.17. The average Bonchev–Trinajstić information content (AvgIpc) is 3.02. The van der Waals surface area contributed by atoms with Crippen LogP contribution in [0.4, 0.5) is 5.69 Å². The van der Waals surface area contributed by atoms with Crippen LogP contribution in [-0.4, -0.2) is 35.3 Å². The van der Waals surface area contributed by atoms with Crippen molar-refractivity contribution in [1.82, 2.24) is 19.7 Å². The maximum absolute atomic E-state index is 13.0. The number of nitrogens with zero attached hydrogens (tertiary/aromatic N) is 4. The molecule has 2 aromatic heterocycles. The van der Waals surface area contributed by atoms with Gasteiger partial charge in [-0.05, 0) is 29.2 Å². The zero-order valence-electron chi connectivity index (χ0n) is 17.5. The van der Waals surface area contributed by atoms with Gasteiger partial charge in [0.25, 0.3) is 10.0 Å². The van der Waals surface area contributed by atoms with E-state index in [-0.39, 0.29) is 22.6 Å². The van der Waals surface area contributed by atoms with Gasteiger partial charge in [-0.25, -0.2) is 13.4 Å². The van der Waals surface area contributed by atoms with E-state index in [0.29, 0.717) is 22.4 Å². The minimum atomic E-state index is -3.87. The van der Waals surface area contributed by atoms with E-state index in [1.807, 2.05) is 12.1 Å². The zero-order chi connectivity index (χ0) is 22.1. The Labute approximate surface area is 181 Å². The van der Waals surface area contributed by atoms with Gasteiger partial charge in [0.05, 0.1) is 15.6 Å². The minimum absolute atomic E-state index is 0.0785. The van der Waals surface area contributed by atoms with E-state index in [9.17, 15) is 8.42 Å². The van der Waals surface area contributed by atoms with Crippen LogP contribution in [-0.2, 0) is 33.8 Å². The average molecular weight is 450 g/mol. The third-order valence-electron chi connectivity index (χ3n) is 4.58. The first-order valence-corrected chi connectivity index (χ1v) is 11.1. The van der Waals surface area contributed by atoms with Gasteiger partial charge in [-0.3, -0.25) is 4.72 Å². The molecule has 0 unspecified atom stereocenters. The van der Waals surface area contributed by atoms with Crippen molar-refractivity contribution >= 4 is 27.3 Å². The number of halogens is 1. The molecule has 0 bridgehead atoms. The topological polar surface area (TPSA) is 99.0 Å². The summed E-state index contributed by atoms with van der Waals surface area (Å²) in [6.07, 6.45) is 1.43. The van der Waals surface area contributed by atoms with Crippen molar-refractivity contribution in [2.45, 2.75) is 37.7 Å². The fourth-order valence-corrected chi connectivity index (χ4v) is 4.07. The van der Waals surface area contributed by atoms with E-state index in [1.165, 1.54) is 12.3 Å². The molecule has 160 valence electrons. The lowest BCUT2D eigenvalue weighted by Crippen LogP contribution is -2.16. The van der Waals surface area contributed by atoms with Crippen LogP contribution in [0.5, 0.6) is 0 Å². The standard InChI is InChI=1S/C20H24ClN5O3S/c1-20(2,3)13-6-8-15(9-7-13)30(27,28)25-16-10-14(21)11-22-18(16)19-24-23-17(12-29-5)26(19)4/h6-11,25H,12H2,1-5H3. The van der Waals surface area contributed by atoms with Crippen LogP contribution in [0.25, 0.3) is 11.5 Å². The van der Waals surface area contributed by atoms with E-state index in [2.05, 4.69) is 40.7 Å². The molecule has 0 atom stereocenters. The summed E-state index contributed by atoms with van der Waals surface area (Å²) in [4.78, 5) is 4.42. The first-order valence-electron chi connectivity index (χ1n) is 9.19. The van der Waals surface area contributed by atoms with Crippen molar-refractivity contribution in [2.24, 2.45) is 7.05 Å². The Hall–Kier alpha value is -2.49. The highest BCUT2D eigenvalue weighted by Crippen LogP contribution is 2.30. The Kier molecular flexibility index (Phi) is 6.16. The fraction of sp³-hybridized carbons (Fsp3) is 0.350. The third kappa shape index (κ3) is 4.63. The van der Waals surface area contributed by atoms with Gasteiger partial charge in [-0.15, -0.1) is 10.2 Å². The van der Waals surface area contributed by atoms with Crippen LogP contribution in [0.1, 0.15) is 32.2 Å². The van der Waals surface area contributed by atoms with Crippen LogP contribution >= 0.6 is 11.6 Å². The number of hydrogen-bond acceptors (Lipinski definition) is 6. The van der Waals surface area contributed by atoms with Gasteiger partial charge in [0.1, 0.15) is 12.3 Å². The second-order valence-corrected chi connectivity index (χ2v) is 9.98. The zero-order valence-corrected chi connectivity index (χ0v) is 19.0. The molecule has 0 aliphatic rings. The SMILES string of the molecule is COCc1nnc(-c2ncc(Cl)cc2NS(=O)(=O)c2ccc(C(C)(C)C)cc2)n1C. The van der Waals surface area contributed by atoms with Gasteiger partial charge in [0.15, 0.2) is 11.6 Å². The predicted octanol–water partition coefficient (Wildman–Crippen LogP) is 3.78. The molecule has 1 aromatic carbocycles. The molecule has 0 amide bonds. The molecule has 0 aliphatic heterocycles. The van der Waals surface area contributed by atoms with Crippen molar-refractivity contribution in [3.8, 4) is 11.5 Å². The van der Waals surface area contributed by atoms with Crippen molar-refractivity contribution < 1.29 is 13.2 Å². The highest BCUT2D eigenvalue weighted by atomic mass is 35.5. The van der Waals surface area contributed by atoms with E-state index in [0.717, 1.165) is 5.56 Å². The van der Waals surface area contributed by atoms with E-state index in [4.69, 9.17) is 16.3 Å². The molecule has 0 fully saturated rings. The van der Waals surface area contributed by atoms with Crippen LogP contribution < -0.4 is 4.72 Å². The monoisotopic (exact) mass is 449 g/mol. The summed E-state index contributed by atoms with van der Waals surface area (Å²) < 4.78 is 35.4. The number of ether oxygens (including phenoxy) is 1. The largest absolute Gasteiger partial charge is 0.377 e. The van der Waals surface area contributed by atoms with Crippen LogP contribution in [0.3, 0.4) is 0 Å². The summed E-state index contributed by atoms with van der Waals surface area (Å²) in [5.41, 5.74) is 1.48. The fourth-order valence-electron chi connectivity index (χ4n) is 2.86. The second kappa shape index (κ2) is 8.33. The lowest BCUT2D eigenvalue weighted by molar-refractivity contribution is 0.175. The van der Waals surface area contributed by atoms with Gasteiger partial charge in [0, 0.05) is 20.4 Å². The van der Waals surface area contributed by atoms with E-state index in [1.54, 1.807) is 30.9 Å². The summed E-state index contributed by atoms with van der Waals surface area (Å²) in [5, 5.41) is 8.49. The lowest BCUT2D eigenvalue weighted by atomic mass is 9.87. The molecule has 0 spiro atoms. The molecule has 2 heterocycles. The molecule has 10 heteroatoms. The van der Waals surface area contributed by atoms with Crippen LogP contribution in [0, 0.1) is 0 Å². The lowest BCUT2D eigenvalue weighted by Gasteiger charge is -2.19. The van der Waals surface area contributed by atoms with Gasteiger partial charge < -0.3 is 9.30 Å². The number of hydrogen-bond donors (Lipinski definition) is 1. The van der Waals surface area contributed by atoms with Crippen LogP contribution in [0.15, 0.2) is 41.4 Å². The van der Waals surface area contributed by atoms with Gasteiger partial charge >= 0.3 is 0 Å². The van der Waals surface area contributed by atoms with Crippen molar-refractivity contribution in [3.05, 3.63) is 52.9 Å². The Morgan fingerprint density at radius 2 is 1.83 bits per heavy atom. The number of methoxy groups -OCH3 is 1. The van der Waals surface area contributed by atoms with Gasteiger partial charge in [-0.1, -0.05) is 44.5 Å². The molecule has 0 saturated heterocycles. The molecular weight excluding hydrogens is 426 g/mol. The molecule has 1 N–H and O–H groups in total. The van der Waals surface area contributed by atoms with Crippen molar-refractivity contribution in [1.29, 1.82) is 0 Å². The highest BCUT2D eigenvalue weighted by Gasteiger charge is 2.22. The summed E-state index contributed by atoms with van der Waals surface area (Å²) in [7, 11) is -0.561. The first-order chi connectivity index (χ1) is 14.0. The summed E-state index contributed by atoms with van der Waals surface area (Å²) in [5.74, 6) is 0.968. The molecule has 3 rings (SSSR count). The van der Waals surface area contributed by atoms with Crippen LogP contribution in [0.2, 0.25) is 5.02 Å². The Morgan fingerprint density at radius 1 is 1.17 bits per heavy atom. The molecule has 0 radical (unpaired) electrons. The van der Waals surface area contributed by atoms with E-state index < -0.39 is 10.0 Å². The quantitative estimate of drug-likeness (QED) is 0.614. The second-order valence-electron chi connectivity index (χ2n) is 7.86. The Balaban J connectivity index is 1.99. The number of benzene rings is 1. The summed E-state index contributed by atoms with van der Waals surface area (Å²) >= 11 is 6.08. The number of nitrogens with one attached hydrogen (secondary N) is 1. The summed E-state index contributed by atoms with van der Waals surface area (Å²) in [6.45, 7) is 6.46. The molecule has 3 aromatic rings. The number of aromatic nitrogens is 4. The highest BCUT2D eigenvalue weighted by molar-refractivity contribution is 7.92. The smallest absolute Gasteiger partial charge is 0.261 e. The summed E-state index contributed by atoms with van der Waals surface area (Å²) in [6, 6.07) is 8.28. The predicted molar refractivity (Wildman–Crippen MR) is 116 cm³/mol. The number of rotatable bonds is 6. The molecule has 0 saturated carbocycles. The first kappa shape index (κ1) is 22.2. The maximum Gasteiger partial charge on any atom is 0.261 e. The number of anilines is 1. The maximum atomic E-state index is 13.0. The molecule has 0 aliphatic carbocycles. The minimum Gasteiger partial charge on any atom is -0.377 e. The van der Waals surface area contributed by atoms with E-state index >= 15 is 0 Å². The van der Waals surface area contributed by atoms with Gasteiger partial charge in [0.2, 0.25) is 0 Å². The Morgan fingerprint density at radius 3 is 2.43 bits per heavy atom.